The van der Waals surface area contributed by atoms with Crippen LogP contribution >= 0.6 is 0 Å². The Hall–Kier alpha value is -1.96. The molecule has 0 saturated carbocycles. The molecular formula is C18H19FO. The molecule has 2 heteroatoms. The van der Waals surface area contributed by atoms with Gasteiger partial charge in [0.15, 0.2) is 5.78 Å². The van der Waals surface area contributed by atoms with Gasteiger partial charge in [-0.3, -0.25) is 4.79 Å². The van der Waals surface area contributed by atoms with E-state index in [0.717, 1.165) is 19.3 Å². The lowest BCUT2D eigenvalue weighted by Crippen LogP contribution is -2.04. The topological polar surface area (TPSA) is 17.1 Å². The predicted molar refractivity (Wildman–Crippen MR) is 79.6 cm³/mol. The van der Waals surface area contributed by atoms with Gasteiger partial charge in [-0.1, -0.05) is 32.4 Å². The van der Waals surface area contributed by atoms with E-state index in [9.17, 15) is 9.18 Å². The minimum absolute atomic E-state index is 0.0509. The standard InChI is InChI=1S/C18H19FO/c1-3-5-15-12-16(7-6-13(15)4-2)18(20)14-8-10-17(19)11-9-14/h6-12H,3-5H2,1-2H3. The molecule has 0 saturated heterocycles. The zero-order chi connectivity index (χ0) is 14.5. The molecule has 0 fully saturated rings. The van der Waals surface area contributed by atoms with Crippen LogP contribution in [0.4, 0.5) is 4.39 Å². The molecule has 2 aromatic rings. The first-order valence-electron chi connectivity index (χ1n) is 7.07. The molecule has 0 spiro atoms. The smallest absolute Gasteiger partial charge is 0.193 e. The van der Waals surface area contributed by atoms with Crippen molar-refractivity contribution in [3.8, 4) is 0 Å². The molecule has 20 heavy (non-hydrogen) atoms. The average Bonchev–Trinajstić information content (AvgIpc) is 2.47. The van der Waals surface area contributed by atoms with Gasteiger partial charge in [0.25, 0.3) is 0 Å². The molecule has 1 nitrogen and oxygen atoms in total. The number of carbonyl (C=O) groups is 1. The molecule has 0 aromatic heterocycles. The average molecular weight is 270 g/mol. The largest absolute Gasteiger partial charge is 0.289 e. The summed E-state index contributed by atoms with van der Waals surface area (Å²) in [5, 5.41) is 0. The van der Waals surface area contributed by atoms with Crippen LogP contribution in [0.25, 0.3) is 0 Å². The molecule has 0 bridgehead atoms. The van der Waals surface area contributed by atoms with Gasteiger partial charge in [-0.25, -0.2) is 4.39 Å². The maximum absolute atomic E-state index is 12.9. The van der Waals surface area contributed by atoms with Crippen molar-refractivity contribution in [2.75, 3.05) is 0 Å². The number of hydrogen-bond acceptors (Lipinski definition) is 1. The highest BCUT2D eigenvalue weighted by Crippen LogP contribution is 2.18. The number of hydrogen-bond donors (Lipinski definition) is 0. The molecule has 2 rings (SSSR count). The zero-order valence-corrected chi connectivity index (χ0v) is 11.9. The van der Waals surface area contributed by atoms with Crippen molar-refractivity contribution in [2.24, 2.45) is 0 Å². The van der Waals surface area contributed by atoms with Crippen molar-refractivity contribution in [2.45, 2.75) is 33.1 Å². The van der Waals surface area contributed by atoms with Gasteiger partial charge in [-0.15, -0.1) is 0 Å². The summed E-state index contributed by atoms with van der Waals surface area (Å²) in [6.45, 7) is 4.25. The first-order valence-corrected chi connectivity index (χ1v) is 7.07. The molecule has 0 unspecified atom stereocenters. The van der Waals surface area contributed by atoms with E-state index in [1.807, 2.05) is 18.2 Å². The minimum Gasteiger partial charge on any atom is -0.289 e. The van der Waals surface area contributed by atoms with E-state index in [2.05, 4.69) is 13.8 Å². The third-order valence-electron chi connectivity index (χ3n) is 3.48. The van der Waals surface area contributed by atoms with Crippen LogP contribution in [0, 0.1) is 5.82 Å². The van der Waals surface area contributed by atoms with Gasteiger partial charge in [0.1, 0.15) is 5.82 Å². The first kappa shape index (κ1) is 14.4. The zero-order valence-electron chi connectivity index (χ0n) is 11.9. The number of benzene rings is 2. The maximum Gasteiger partial charge on any atom is 0.193 e. The van der Waals surface area contributed by atoms with E-state index in [0.29, 0.717) is 11.1 Å². The summed E-state index contributed by atoms with van der Waals surface area (Å²) in [6.07, 6.45) is 3.01. The Morgan fingerprint density at radius 2 is 1.60 bits per heavy atom. The maximum atomic E-state index is 12.9. The molecule has 0 heterocycles. The molecule has 2 aromatic carbocycles. The SMILES string of the molecule is CCCc1cc(C(=O)c2ccc(F)cc2)ccc1CC. The Labute approximate surface area is 119 Å². The third kappa shape index (κ3) is 3.13. The molecule has 104 valence electrons. The van der Waals surface area contributed by atoms with E-state index in [1.165, 1.54) is 35.4 Å². The van der Waals surface area contributed by atoms with Crippen LogP contribution in [-0.4, -0.2) is 5.78 Å². The van der Waals surface area contributed by atoms with Crippen molar-refractivity contribution in [1.29, 1.82) is 0 Å². The van der Waals surface area contributed by atoms with Gasteiger partial charge in [0.2, 0.25) is 0 Å². The van der Waals surface area contributed by atoms with Gasteiger partial charge in [-0.05, 0) is 54.3 Å². The van der Waals surface area contributed by atoms with Crippen LogP contribution in [0.1, 0.15) is 47.3 Å². The number of carbonyl (C=O) groups excluding carboxylic acids is 1. The van der Waals surface area contributed by atoms with Crippen LogP contribution in [0.15, 0.2) is 42.5 Å². The van der Waals surface area contributed by atoms with Crippen LogP contribution < -0.4 is 0 Å². The summed E-state index contributed by atoms with van der Waals surface area (Å²) in [6, 6.07) is 11.6. The summed E-state index contributed by atoms with van der Waals surface area (Å²) in [5.74, 6) is -0.375. The first-order chi connectivity index (χ1) is 9.65. The van der Waals surface area contributed by atoms with Crippen LogP contribution in [0.3, 0.4) is 0 Å². The van der Waals surface area contributed by atoms with Crippen LogP contribution in [0.5, 0.6) is 0 Å². The van der Waals surface area contributed by atoms with E-state index >= 15 is 0 Å². The fraction of sp³-hybridized carbons (Fsp3) is 0.278. The Morgan fingerprint density at radius 1 is 0.950 bits per heavy atom. The molecule has 0 atom stereocenters. The van der Waals surface area contributed by atoms with E-state index in [4.69, 9.17) is 0 Å². The Morgan fingerprint density at radius 3 is 2.20 bits per heavy atom. The molecule has 0 aliphatic rings. The van der Waals surface area contributed by atoms with Crippen molar-refractivity contribution < 1.29 is 9.18 Å². The van der Waals surface area contributed by atoms with Crippen molar-refractivity contribution in [1.82, 2.24) is 0 Å². The summed E-state index contributed by atoms with van der Waals surface area (Å²) in [4.78, 5) is 12.4. The molecule has 0 radical (unpaired) electrons. The fourth-order valence-electron chi connectivity index (χ4n) is 2.38. The van der Waals surface area contributed by atoms with Gasteiger partial charge >= 0.3 is 0 Å². The lowest BCUT2D eigenvalue weighted by Gasteiger charge is -2.09. The van der Waals surface area contributed by atoms with Crippen molar-refractivity contribution in [3.05, 3.63) is 70.5 Å². The summed E-state index contributed by atoms with van der Waals surface area (Å²) in [5.41, 5.74) is 3.74. The number of rotatable bonds is 5. The lowest BCUT2D eigenvalue weighted by molar-refractivity contribution is 0.103. The van der Waals surface area contributed by atoms with E-state index in [-0.39, 0.29) is 11.6 Å². The highest BCUT2D eigenvalue weighted by molar-refractivity contribution is 6.09. The second-order valence-electron chi connectivity index (χ2n) is 4.92. The molecule has 0 aliphatic carbocycles. The molecule has 0 amide bonds. The normalized spacial score (nSPS) is 10.6. The predicted octanol–water partition coefficient (Wildman–Crippen LogP) is 4.57. The highest BCUT2D eigenvalue weighted by atomic mass is 19.1. The Balaban J connectivity index is 2.34. The minimum atomic E-state index is -0.324. The van der Waals surface area contributed by atoms with E-state index < -0.39 is 0 Å². The van der Waals surface area contributed by atoms with Gasteiger partial charge in [0.05, 0.1) is 0 Å². The van der Waals surface area contributed by atoms with Gasteiger partial charge in [-0.2, -0.15) is 0 Å². The summed E-state index contributed by atoms with van der Waals surface area (Å²) < 4.78 is 12.9. The summed E-state index contributed by atoms with van der Waals surface area (Å²) in [7, 11) is 0. The molecular weight excluding hydrogens is 251 g/mol. The van der Waals surface area contributed by atoms with Gasteiger partial charge < -0.3 is 0 Å². The third-order valence-corrected chi connectivity index (χ3v) is 3.48. The number of aryl methyl sites for hydroxylation is 2. The van der Waals surface area contributed by atoms with Crippen LogP contribution in [-0.2, 0) is 12.8 Å². The van der Waals surface area contributed by atoms with Crippen LogP contribution in [0.2, 0.25) is 0 Å². The molecule has 0 N–H and O–H groups in total. The lowest BCUT2D eigenvalue weighted by atomic mass is 9.95. The number of halogens is 1. The highest BCUT2D eigenvalue weighted by Gasteiger charge is 2.11. The van der Waals surface area contributed by atoms with E-state index in [1.54, 1.807) is 0 Å². The monoisotopic (exact) mass is 270 g/mol. The quantitative estimate of drug-likeness (QED) is 0.727. The molecule has 0 aliphatic heterocycles. The van der Waals surface area contributed by atoms with Gasteiger partial charge in [0, 0.05) is 11.1 Å². The second kappa shape index (κ2) is 6.47. The van der Waals surface area contributed by atoms with Crippen molar-refractivity contribution in [3.63, 3.8) is 0 Å². The van der Waals surface area contributed by atoms with Crippen molar-refractivity contribution >= 4 is 5.78 Å². The Bertz CT molecular complexity index is 599. The fourth-order valence-corrected chi connectivity index (χ4v) is 2.38. The summed E-state index contributed by atoms with van der Waals surface area (Å²) >= 11 is 0. The number of ketones is 1. The second-order valence-corrected chi connectivity index (χ2v) is 4.92. The Kier molecular flexibility index (Phi) is 4.67.